The van der Waals surface area contributed by atoms with Gasteiger partial charge in [0.25, 0.3) is 10.0 Å². The normalized spacial score (nSPS) is 11.3. The molecule has 100 valence electrons. The van der Waals surface area contributed by atoms with Gasteiger partial charge in [0.2, 0.25) is 0 Å². The van der Waals surface area contributed by atoms with Crippen LogP contribution in [-0.2, 0) is 10.0 Å². The fourth-order valence-corrected chi connectivity index (χ4v) is 3.21. The number of sulfonamides is 1. The Bertz CT molecular complexity index is 719. The first-order valence-electron chi connectivity index (χ1n) is 5.29. The van der Waals surface area contributed by atoms with Crippen LogP contribution in [0, 0.1) is 6.92 Å². The van der Waals surface area contributed by atoms with Crippen LogP contribution in [0.4, 0.5) is 5.69 Å². The minimum atomic E-state index is -3.67. The second-order valence-electron chi connectivity index (χ2n) is 3.83. The molecule has 0 aliphatic carbocycles. The summed E-state index contributed by atoms with van der Waals surface area (Å²) in [6, 6.07) is 7.99. The largest absolute Gasteiger partial charge is 0.279 e. The van der Waals surface area contributed by atoms with Crippen LogP contribution in [0.5, 0.6) is 0 Å². The summed E-state index contributed by atoms with van der Waals surface area (Å²) >= 11 is 9.06. The third kappa shape index (κ3) is 3.26. The van der Waals surface area contributed by atoms with E-state index in [0.717, 1.165) is 10.0 Å². The van der Waals surface area contributed by atoms with Gasteiger partial charge in [-0.2, -0.15) is 0 Å². The highest BCUT2D eigenvalue weighted by atomic mass is 79.9. The Morgan fingerprint density at radius 3 is 2.74 bits per heavy atom. The van der Waals surface area contributed by atoms with Gasteiger partial charge in [0.1, 0.15) is 5.15 Å². The van der Waals surface area contributed by atoms with Crippen molar-refractivity contribution in [2.75, 3.05) is 4.72 Å². The van der Waals surface area contributed by atoms with Crippen molar-refractivity contribution < 1.29 is 8.42 Å². The molecule has 0 atom stereocenters. The lowest BCUT2D eigenvalue weighted by Crippen LogP contribution is -2.14. The van der Waals surface area contributed by atoms with Gasteiger partial charge in [-0.25, -0.2) is 13.4 Å². The second-order valence-corrected chi connectivity index (χ2v) is 6.76. The van der Waals surface area contributed by atoms with Crippen molar-refractivity contribution >= 4 is 43.2 Å². The summed E-state index contributed by atoms with van der Waals surface area (Å²) in [5.74, 6) is 0. The van der Waals surface area contributed by atoms with Gasteiger partial charge in [-0.3, -0.25) is 4.72 Å². The molecule has 0 amide bonds. The fraction of sp³-hybridized carbons (Fsp3) is 0.0833. The van der Waals surface area contributed by atoms with E-state index in [1.807, 2.05) is 13.0 Å². The fourth-order valence-electron chi connectivity index (χ4n) is 1.47. The number of hydrogen-bond acceptors (Lipinski definition) is 3. The molecule has 1 N–H and O–H groups in total. The number of nitrogens with zero attached hydrogens (tertiary/aromatic N) is 1. The highest BCUT2D eigenvalue weighted by molar-refractivity contribution is 9.10. The minimum absolute atomic E-state index is 0.0758. The SMILES string of the molecule is Cc1c(Br)cccc1NS(=O)(=O)c1ccnc(Cl)c1. The van der Waals surface area contributed by atoms with Crippen LogP contribution in [0.25, 0.3) is 0 Å². The van der Waals surface area contributed by atoms with Crippen LogP contribution in [0.1, 0.15) is 5.56 Å². The molecule has 0 radical (unpaired) electrons. The lowest BCUT2D eigenvalue weighted by atomic mass is 10.2. The monoisotopic (exact) mass is 360 g/mol. The van der Waals surface area contributed by atoms with Crippen LogP contribution in [0.15, 0.2) is 45.9 Å². The Morgan fingerprint density at radius 2 is 2.05 bits per heavy atom. The first-order valence-corrected chi connectivity index (χ1v) is 7.95. The maximum Gasteiger partial charge on any atom is 0.262 e. The predicted molar refractivity (Wildman–Crippen MR) is 78.9 cm³/mol. The van der Waals surface area contributed by atoms with Gasteiger partial charge in [0.05, 0.1) is 10.6 Å². The van der Waals surface area contributed by atoms with Crippen LogP contribution in [-0.4, -0.2) is 13.4 Å². The van der Waals surface area contributed by atoms with Gasteiger partial charge in [0.15, 0.2) is 0 Å². The summed E-state index contributed by atoms with van der Waals surface area (Å²) in [5, 5.41) is 0.133. The van der Waals surface area contributed by atoms with Gasteiger partial charge in [-0.05, 0) is 36.8 Å². The molecule has 0 aliphatic heterocycles. The zero-order valence-corrected chi connectivity index (χ0v) is 13.1. The van der Waals surface area contributed by atoms with Crippen molar-refractivity contribution in [2.24, 2.45) is 0 Å². The third-order valence-corrected chi connectivity index (χ3v) is 4.95. The number of nitrogens with one attached hydrogen (secondary N) is 1. The van der Waals surface area contributed by atoms with E-state index in [1.54, 1.807) is 12.1 Å². The lowest BCUT2D eigenvalue weighted by molar-refractivity contribution is 0.601. The molecular weight excluding hydrogens is 352 g/mol. The number of rotatable bonds is 3. The van der Waals surface area contributed by atoms with Gasteiger partial charge < -0.3 is 0 Å². The molecule has 0 bridgehead atoms. The first-order chi connectivity index (χ1) is 8.90. The zero-order chi connectivity index (χ0) is 14.0. The van der Waals surface area contributed by atoms with E-state index < -0.39 is 10.0 Å². The van der Waals surface area contributed by atoms with Crippen molar-refractivity contribution in [1.82, 2.24) is 4.98 Å². The highest BCUT2D eigenvalue weighted by Gasteiger charge is 2.16. The first kappa shape index (κ1) is 14.3. The third-order valence-electron chi connectivity index (χ3n) is 2.52. The molecule has 0 unspecified atom stereocenters. The maximum atomic E-state index is 12.2. The smallest absolute Gasteiger partial charge is 0.262 e. The summed E-state index contributed by atoms with van der Waals surface area (Å²) in [6.45, 7) is 1.82. The molecule has 0 aliphatic rings. The molecular formula is C12H10BrClN2O2S. The van der Waals surface area contributed by atoms with Crippen LogP contribution < -0.4 is 4.72 Å². The van der Waals surface area contributed by atoms with Gasteiger partial charge in [-0.15, -0.1) is 0 Å². The predicted octanol–water partition coefficient (Wildman–Crippen LogP) is 3.61. The topological polar surface area (TPSA) is 59.1 Å². The van der Waals surface area contributed by atoms with Gasteiger partial charge >= 0.3 is 0 Å². The average molecular weight is 362 g/mol. The van der Waals surface area contributed by atoms with Gasteiger partial charge in [0, 0.05) is 10.7 Å². The molecule has 2 aromatic rings. The second kappa shape index (κ2) is 5.48. The molecule has 0 saturated carbocycles. The Balaban J connectivity index is 2.39. The van der Waals surface area contributed by atoms with Crippen molar-refractivity contribution in [3.8, 4) is 0 Å². The van der Waals surface area contributed by atoms with E-state index in [-0.39, 0.29) is 10.0 Å². The molecule has 1 aromatic carbocycles. The lowest BCUT2D eigenvalue weighted by Gasteiger charge is -2.11. The number of hydrogen-bond donors (Lipinski definition) is 1. The number of aromatic nitrogens is 1. The summed E-state index contributed by atoms with van der Waals surface area (Å²) in [7, 11) is -3.67. The minimum Gasteiger partial charge on any atom is -0.279 e. The van der Waals surface area contributed by atoms with E-state index in [2.05, 4.69) is 25.6 Å². The molecule has 7 heteroatoms. The van der Waals surface area contributed by atoms with Crippen LogP contribution in [0.3, 0.4) is 0 Å². The Hall–Kier alpha value is -1.11. The maximum absolute atomic E-state index is 12.2. The average Bonchev–Trinajstić information content (AvgIpc) is 2.35. The highest BCUT2D eigenvalue weighted by Crippen LogP contribution is 2.26. The molecule has 19 heavy (non-hydrogen) atoms. The number of anilines is 1. The Morgan fingerprint density at radius 1 is 1.32 bits per heavy atom. The summed E-state index contributed by atoms with van der Waals surface area (Å²) < 4.78 is 27.8. The van der Waals surface area contributed by atoms with Crippen molar-refractivity contribution in [2.45, 2.75) is 11.8 Å². The molecule has 0 fully saturated rings. The molecule has 2 rings (SSSR count). The van der Waals surface area contributed by atoms with Crippen molar-refractivity contribution in [1.29, 1.82) is 0 Å². The molecule has 4 nitrogen and oxygen atoms in total. The molecule has 1 aromatic heterocycles. The number of benzene rings is 1. The Kier molecular flexibility index (Phi) is 4.13. The summed E-state index contributed by atoms with van der Waals surface area (Å²) in [4.78, 5) is 3.83. The van der Waals surface area contributed by atoms with E-state index in [0.29, 0.717) is 5.69 Å². The van der Waals surface area contributed by atoms with Crippen molar-refractivity contribution in [3.05, 3.63) is 51.7 Å². The zero-order valence-electron chi connectivity index (χ0n) is 9.89. The number of pyridine rings is 1. The van der Waals surface area contributed by atoms with E-state index in [4.69, 9.17) is 11.6 Å². The van der Waals surface area contributed by atoms with E-state index in [1.165, 1.54) is 18.3 Å². The quantitative estimate of drug-likeness (QED) is 0.850. The van der Waals surface area contributed by atoms with Crippen molar-refractivity contribution in [3.63, 3.8) is 0 Å². The standard InChI is InChI=1S/C12H10BrClN2O2S/c1-8-10(13)3-2-4-11(8)16-19(17,18)9-5-6-15-12(14)7-9/h2-7,16H,1H3. The molecule has 0 spiro atoms. The Labute approximate surface area is 125 Å². The summed E-state index contributed by atoms with van der Waals surface area (Å²) in [6.07, 6.45) is 1.35. The molecule has 0 saturated heterocycles. The number of halogens is 2. The van der Waals surface area contributed by atoms with E-state index in [9.17, 15) is 8.42 Å². The van der Waals surface area contributed by atoms with Crippen LogP contribution >= 0.6 is 27.5 Å². The molecule has 1 heterocycles. The van der Waals surface area contributed by atoms with Crippen LogP contribution in [0.2, 0.25) is 5.15 Å². The van der Waals surface area contributed by atoms with E-state index >= 15 is 0 Å². The summed E-state index contributed by atoms with van der Waals surface area (Å²) in [5.41, 5.74) is 1.33. The van der Waals surface area contributed by atoms with Gasteiger partial charge in [-0.1, -0.05) is 33.6 Å².